The van der Waals surface area contributed by atoms with Crippen molar-refractivity contribution in [3.05, 3.63) is 29.3 Å². The van der Waals surface area contributed by atoms with Crippen LogP contribution in [-0.4, -0.2) is 38.3 Å². The number of alkyl halides is 2. The van der Waals surface area contributed by atoms with Crippen LogP contribution in [0.1, 0.15) is 24.0 Å². The van der Waals surface area contributed by atoms with E-state index in [0.29, 0.717) is 31.5 Å². The summed E-state index contributed by atoms with van der Waals surface area (Å²) < 4.78 is 34.9. The summed E-state index contributed by atoms with van der Waals surface area (Å²) in [5.74, 6) is -0.159. The molecule has 0 unspecified atom stereocenters. The smallest absolute Gasteiger partial charge is 0.387 e. The van der Waals surface area contributed by atoms with Gasteiger partial charge >= 0.3 is 6.61 Å². The minimum Gasteiger partial charge on any atom is -0.434 e. The van der Waals surface area contributed by atoms with Crippen LogP contribution in [0.5, 0.6) is 5.75 Å². The molecule has 8 heteroatoms. The maximum absolute atomic E-state index is 12.5. The normalized spacial score (nSPS) is 16.4. The molecule has 0 aromatic heterocycles. The van der Waals surface area contributed by atoms with E-state index in [2.05, 4.69) is 15.4 Å². The molecule has 1 aliphatic heterocycles. The zero-order valence-corrected chi connectivity index (χ0v) is 14.6. The second kappa shape index (κ2) is 9.15. The summed E-state index contributed by atoms with van der Waals surface area (Å²) in [4.78, 5) is 12.5. The van der Waals surface area contributed by atoms with Gasteiger partial charge in [-0.25, -0.2) is 0 Å². The van der Waals surface area contributed by atoms with E-state index >= 15 is 0 Å². The Bertz CT molecular complexity index is 552. The molecule has 0 aliphatic carbocycles. The van der Waals surface area contributed by atoms with E-state index in [1.54, 1.807) is 12.1 Å². The topological polar surface area (TPSA) is 59.6 Å². The van der Waals surface area contributed by atoms with Crippen molar-refractivity contribution in [2.24, 2.45) is 0 Å². The van der Waals surface area contributed by atoms with E-state index in [0.717, 1.165) is 5.56 Å². The van der Waals surface area contributed by atoms with Gasteiger partial charge in [0.15, 0.2) is 0 Å². The third kappa shape index (κ3) is 5.03. The van der Waals surface area contributed by atoms with Gasteiger partial charge in [-0.2, -0.15) is 8.78 Å². The Balaban J connectivity index is 0.00000288. The summed E-state index contributed by atoms with van der Waals surface area (Å²) in [6, 6.07) is 4.89. The molecule has 0 saturated carbocycles. The minimum atomic E-state index is -2.90. The van der Waals surface area contributed by atoms with Crippen LogP contribution in [0.15, 0.2) is 18.2 Å². The first kappa shape index (κ1) is 20.6. The van der Waals surface area contributed by atoms with Crippen molar-refractivity contribution in [1.29, 1.82) is 0 Å². The summed E-state index contributed by atoms with van der Waals surface area (Å²) in [6.45, 7) is 0.459. The van der Waals surface area contributed by atoms with E-state index in [1.807, 2.05) is 6.92 Å². The minimum absolute atomic E-state index is 0. The zero-order chi connectivity index (χ0) is 16.9. The second-order valence-electron chi connectivity index (χ2n) is 5.62. The number of carbonyl (C=O) groups is 1. The highest BCUT2D eigenvalue weighted by Gasteiger charge is 2.39. The number of hydrogen-bond donors (Lipinski definition) is 2. The van der Waals surface area contributed by atoms with Crippen LogP contribution >= 0.6 is 12.4 Å². The van der Waals surface area contributed by atoms with Gasteiger partial charge in [-0.05, 0) is 38.9 Å². The summed E-state index contributed by atoms with van der Waals surface area (Å²) in [6.07, 6.45) is 1.15. The summed E-state index contributed by atoms with van der Waals surface area (Å²) in [5.41, 5.74) is 0.553. The molecule has 136 valence electrons. The largest absolute Gasteiger partial charge is 0.434 e. The SMILES string of the molecule is COC1(C(=O)NCc2cc(C)ccc2OC(F)F)CCNCC1.Cl. The number of hydrogen-bond acceptors (Lipinski definition) is 4. The van der Waals surface area contributed by atoms with Crippen LogP contribution in [0.3, 0.4) is 0 Å². The molecule has 0 radical (unpaired) electrons. The molecule has 1 heterocycles. The Morgan fingerprint density at radius 2 is 2.04 bits per heavy atom. The summed E-state index contributed by atoms with van der Waals surface area (Å²) in [7, 11) is 1.52. The lowest BCUT2D eigenvalue weighted by Crippen LogP contribution is -2.53. The van der Waals surface area contributed by atoms with Gasteiger partial charge in [-0.15, -0.1) is 12.4 Å². The Morgan fingerprint density at radius 1 is 1.38 bits per heavy atom. The predicted molar refractivity (Wildman–Crippen MR) is 88.7 cm³/mol. The van der Waals surface area contributed by atoms with E-state index in [9.17, 15) is 13.6 Å². The zero-order valence-electron chi connectivity index (χ0n) is 13.7. The highest BCUT2D eigenvalue weighted by atomic mass is 35.5. The van der Waals surface area contributed by atoms with Gasteiger partial charge in [-0.3, -0.25) is 4.79 Å². The number of rotatable bonds is 6. The van der Waals surface area contributed by atoms with Gasteiger partial charge in [0.05, 0.1) is 0 Å². The molecule has 2 rings (SSSR count). The molecule has 1 amide bonds. The first-order valence-electron chi connectivity index (χ1n) is 7.55. The standard InChI is InChI=1S/C16H22F2N2O3.ClH/c1-11-3-4-13(23-15(17)18)12(9-11)10-20-14(21)16(22-2)5-7-19-8-6-16;/h3-4,9,15,19H,5-8,10H2,1-2H3,(H,20,21);1H. The monoisotopic (exact) mass is 364 g/mol. The fourth-order valence-corrected chi connectivity index (χ4v) is 2.75. The molecule has 2 N–H and O–H groups in total. The Hall–Kier alpha value is -1.44. The maximum atomic E-state index is 12.5. The summed E-state index contributed by atoms with van der Waals surface area (Å²) in [5, 5.41) is 5.96. The van der Waals surface area contributed by atoms with Gasteiger partial charge in [0.2, 0.25) is 0 Å². The van der Waals surface area contributed by atoms with Crippen LogP contribution in [0.4, 0.5) is 8.78 Å². The number of carbonyl (C=O) groups excluding carboxylic acids is 1. The molecule has 24 heavy (non-hydrogen) atoms. The fraction of sp³-hybridized carbons (Fsp3) is 0.562. The third-order valence-electron chi connectivity index (χ3n) is 4.09. The highest BCUT2D eigenvalue weighted by molar-refractivity contribution is 5.85. The van der Waals surface area contributed by atoms with E-state index < -0.39 is 12.2 Å². The molecule has 1 aliphatic rings. The molecule has 1 aromatic rings. The van der Waals surface area contributed by atoms with Gasteiger partial charge in [0.25, 0.3) is 5.91 Å². The number of ether oxygens (including phenoxy) is 2. The number of aryl methyl sites for hydroxylation is 1. The molecule has 0 atom stereocenters. The van der Waals surface area contributed by atoms with E-state index in [4.69, 9.17) is 4.74 Å². The number of methoxy groups -OCH3 is 1. The Morgan fingerprint density at radius 3 is 2.62 bits per heavy atom. The molecular weight excluding hydrogens is 342 g/mol. The Labute approximate surface area is 146 Å². The number of nitrogens with one attached hydrogen (secondary N) is 2. The van der Waals surface area contributed by atoms with Crippen molar-refractivity contribution in [2.75, 3.05) is 20.2 Å². The van der Waals surface area contributed by atoms with Gasteiger partial charge in [0.1, 0.15) is 11.4 Å². The fourth-order valence-electron chi connectivity index (χ4n) is 2.75. The molecule has 5 nitrogen and oxygen atoms in total. The molecule has 1 fully saturated rings. The van der Waals surface area contributed by atoms with Crippen molar-refractivity contribution >= 4 is 18.3 Å². The quantitative estimate of drug-likeness (QED) is 0.813. The lowest BCUT2D eigenvalue weighted by atomic mass is 9.91. The van der Waals surface area contributed by atoms with Gasteiger partial charge in [-0.1, -0.05) is 17.7 Å². The molecule has 0 bridgehead atoms. The lowest BCUT2D eigenvalue weighted by molar-refractivity contribution is -0.146. The number of piperidine rings is 1. The molecule has 0 spiro atoms. The van der Waals surface area contributed by atoms with Crippen LogP contribution in [0.25, 0.3) is 0 Å². The average Bonchev–Trinajstić information content (AvgIpc) is 2.55. The first-order valence-corrected chi connectivity index (χ1v) is 7.55. The summed E-state index contributed by atoms with van der Waals surface area (Å²) >= 11 is 0. The van der Waals surface area contributed by atoms with Gasteiger partial charge in [0, 0.05) is 19.2 Å². The van der Waals surface area contributed by atoms with Crippen molar-refractivity contribution in [3.63, 3.8) is 0 Å². The van der Waals surface area contributed by atoms with E-state index in [1.165, 1.54) is 13.2 Å². The number of halogens is 3. The number of amides is 1. The van der Waals surface area contributed by atoms with Crippen LogP contribution in [-0.2, 0) is 16.1 Å². The first-order chi connectivity index (χ1) is 11.0. The van der Waals surface area contributed by atoms with Crippen molar-refractivity contribution in [2.45, 2.75) is 38.5 Å². The maximum Gasteiger partial charge on any atom is 0.387 e. The second-order valence-corrected chi connectivity index (χ2v) is 5.62. The van der Waals surface area contributed by atoms with Crippen LogP contribution < -0.4 is 15.4 Å². The van der Waals surface area contributed by atoms with Gasteiger partial charge < -0.3 is 20.1 Å². The third-order valence-corrected chi connectivity index (χ3v) is 4.09. The van der Waals surface area contributed by atoms with Crippen molar-refractivity contribution < 1.29 is 23.0 Å². The van der Waals surface area contributed by atoms with E-state index in [-0.39, 0.29) is 30.6 Å². The lowest BCUT2D eigenvalue weighted by Gasteiger charge is -2.34. The highest BCUT2D eigenvalue weighted by Crippen LogP contribution is 2.25. The van der Waals surface area contributed by atoms with Crippen LogP contribution in [0, 0.1) is 6.92 Å². The van der Waals surface area contributed by atoms with Crippen molar-refractivity contribution in [3.8, 4) is 5.75 Å². The molecule has 1 saturated heterocycles. The average molecular weight is 365 g/mol. The number of benzene rings is 1. The predicted octanol–water partition coefficient (Wildman–Crippen LogP) is 2.40. The van der Waals surface area contributed by atoms with Crippen LogP contribution in [0.2, 0.25) is 0 Å². The molecular formula is C16H23ClF2N2O3. The van der Waals surface area contributed by atoms with Crippen molar-refractivity contribution in [1.82, 2.24) is 10.6 Å². The Kier molecular flexibility index (Phi) is 7.86. The molecule has 1 aromatic carbocycles.